The molecular formula is C12H24N2O4S2Si. The van der Waals surface area contributed by atoms with Gasteiger partial charge in [0.15, 0.2) is 12.5 Å². The van der Waals surface area contributed by atoms with Gasteiger partial charge < -0.3 is 9.53 Å². The normalized spacial score (nSPS) is 16.8. The highest BCUT2D eigenvalue weighted by molar-refractivity contribution is 7.91. The Balaban J connectivity index is 2.90. The average molecular weight is 353 g/mol. The first-order chi connectivity index (χ1) is 9.17. The Kier molecular flexibility index (Phi) is 5.09. The third-order valence-electron chi connectivity index (χ3n) is 3.75. The summed E-state index contributed by atoms with van der Waals surface area (Å²) in [6.07, 6.45) is 1.16. The molecule has 0 fully saturated rings. The zero-order valence-electron chi connectivity index (χ0n) is 13.3. The Morgan fingerprint density at radius 3 is 2.29 bits per heavy atom. The van der Waals surface area contributed by atoms with Crippen molar-refractivity contribution in [3.63, 3.8) is 0 Å². The number of rotatable bonds is 5. The highest BCUT2D eigenvalue weighted by Crippen LogP contribution is 2.38. The monoisotopic (exact) mass is 352 g/mol. The quantitative estimate of drug-likeness (QED) is 0.789. The maximum Gasteiger partial charge on any atom is 0.249 e. The molecule has 0 radical (unpaired) electrons. The molecule has 6 nitrogen and oxygen atoms in total. The molecule has 1 heterocycles. The molecule has 0 aliphatic rings. The summed E-state index contributed by atoms with van der Waals surface area (Å²) in [6.45, 7) is 12.1. The lowest BCUT2D eigenvalue weighted by Crippen LogP contribution is -2.44. The highest BCUT2D eigenvalue weighted by atomic mass is 32.2. The van der Waals surface area contributed by atoms with Gasteiger partial charge in [-0.15, -0.1) is 11.3 Å². The molecule has 0 bridgehead atoms. The predicted molar refractivity (Wildman–Crippen MR) is 86.2 cm³/mol. The molecule has 0 aliphatic heterocycles. The fourth-order valence-electron chi connectivity index (χ4n) is 1.24. The average Bonchev–Trinajstić information content (AvgIpc) is 2.74. The standard InChI is InChI=1S/C12H24N2O4S2Si/c1-11(2,3)21(5,6)18-8-12(4,15)10-14-7-9(19-10)20(13,16)17/h7,15H,8H2,1-6H3,(H2,13,16,17)/t12-/m0/s1. The van der Waals surface area contributed by atoms with Gasteiger partial charge in [0, 0.05) is 0 Å². The fourth-order valence-corrected chi connectivity index (χ4v) is 3.90. The van der Waals surface area contributed by atoms with Crippen molar-refractivity contribution in [1.29, 1.82) is 0 Å². The molecule has 9 heteroatoms. The first-order valence-corrected chi connectivity index (χ1v) is 11.8. The summed E-state index contributed by atoms with van der Waals surface area (Å²) >= 11 is 0.866. The molecule has 0 aliphatic carbocycles. The van der Waals surface area contributed by atoms with Crippen molar-refractivity contribution in [3.8, 4) is 0 Å². The molecule has 0 saturated heterocycles. The van der Waals surface area contributed by atoms with Crippen molar-refractivity contribution in [2.45, 2.75) is 55.6 Å². The Hall–Kier alpha value is -0.323. The summed E-state index contributed by atoms with van der Waals surface area (Å²) < 4.78 is 28.4. The van der Waals surface area contributed by atoms with E-state index in [0.717, 1.165) is 17.5 Å². The molecule has 0 saturated carbocycles. The van der Waals surface area contributed by atoms with Crippen LogP contribution in [-0.2, 0) is 20.1 Å². The number of nitrogens with zero attached hydrogens (tertiary/aromatic N) is 1. The lowest BCUT2D eigenvalue weighted by molar-refractivity contribution is 0.00244. The highest BCUT2D eigenvalue weighted by Gasteiger charge is 2.40. The zero-order chi connectivity index (χ0) is 16.7. The molecule has 0 amide bonds. The number of aromatic nitrogens is 1. The number of nitrogens with two attached hydrogens (primary N) is 1. The lowest BCUT2D eigenvalue weighted by Gasteiger charge is -2.38. The minimum absolute atomic E-state index is 0.0255. The van der Waals surface area contributed by atoms with Crippen LogP contribution in [0.5, 0.6) is 0 Å². The van der Waals surface area contributed by atoms with Crippen molar-refractivity contribution >= 4 is 29.7 Å². The van der Waals surface area contributed by atoms with E-state index < -0.39 is 23.9 Å². The molecule has 1 rings (SSSR count). The lowest BCUT2D eigenvalue weighted by atomic mass is 10.1. The summed E-state index contributed by atoms with van der Waals surface area (Å²) in [5.41, 5.74) is -1.34. The van der Waals surface area contributed by atoms with Crippen LogP contribution in [0, 0.1) is 0 Å². The molecule has 0 unspecified atom stereocenters. The molecule has 1 atom stereocenters. The van der Waals surface area contributed by atoms with Crippen LogP contribution in [0.3, 0.4) is 0 Å². The van der Waals surface area contributed by atoms with E-state index >= 15 is 0 Å². The minimum Gasteiger partial charge on any atom is -0.413 e. The molecule has 1 aromatic heterocycles. The Morgan fingerprint density at radius 1 is 1.38 bits per heavy atom. The number of hydrogen-bond acceptors (Lipinski definition) is 6. The largest absolute Gasteiger partial charge is 0.413 e. The second-order valence-corrected chi connectivity index (χ2v) is 14.5. The van der Waals surface area contributed by atoms with E-state index in [2.05, 4.69) is 38.8 Å². The van der Waals surface area contributed by atoms with Crippen LogP contribution >= 0.6 is 11.3 Å². The second kappa shape index (κ2) is 5.71. The van der Waals surface area contributed by atoms with Gasteiger partial charge in [-0.25, -0.2) is 18.5 Å². The topological polar surface area (TPSA) is 103 Å². The van der Waals surface area contributed by atoms with Crippen LogP contribution in [0.15, 0.2) is 10.4 Å². The van der Waals surface area contributed by atoms with E-state index in [1.54, 1.807) is 6.92 Å². The van der Waals surface area contributed by atoms with Gasteiger partial charge in [-0.05, 0) is 25.1 Å². The van der Waals surface area contributed by atoms with Crippen molar-refractivity contribution in [3.05, 3.63) is 11.2 Å². The van der Waals surface area contributed by atoms with Crippen LogP contribution in [0.1, 0.15) is 32.7 Å². The zero-order valence-corrected chi connectivity index (χ0v) is 15.9. The molecular weight excluding hydrogens is 328 g/mol. The first-order valence-electron chi connectivity index (χ1n) is 6.52. The second-order valence-electron chi connectivity index (χ2n) is 6.85. The van der Waals surface area contributed by atoms with Crippen LogP contribution in [0.25, 0.3) is 0 Å². The van der Waals surface area contributed by atoms with E-state index in [4.69, 9.17) is 9.56 Å². The van der Waals surface area contributed by atoms with Gasteiger partial charge in [0.1, 0.15) is 10.6 Å². The molecule has 0 spiro atoms. The third kappa shape index (κ3) is 4.57. The number of thiazole rings is 1. The smallest absolute Gasteiger partial charge is 0.249 e. The van der Waals surface area contributed by atoms with Crippen LogP contribution in [0.2, 0.25) is 18.1 Å². The number of hydrogen-bond donors (Lipinski definition) is 2. The number of primary sulfonamides is 1. The third-order valence-corrected chi connectivity index (χ3v) is 10.9. The van der Waals surface area contributed by atoms with Crippen molar-refractivity contribution in [2.75, 3.05) is 6.61 Å². The van der Waals surface area contributed by atoms with Crippen molar-refractivity contribution < 1.29 is 18.0 Å². The van der Waals surface area contributed by atoms with Gasteiger partial charge in [-0.1, -0.05) is 20.8 Å². The predicted octanol–water partition coefficient (Wildman–Crippen LogP) is 2.02. The summed E-state index contributed by atoms with van der Waals surface area (Å²) in [7, 11) is -5.80. The fraction of sp³-hybridized carbons (Fsp3) is 0.750. The molecule has 0 aromatic carbocycles. The summed E-state index contributed by atoms with van der Waals surface area (Å²) in [4.78, 5) is 3.96. The van der Waals surface area contributed by atoms with Crippen LogP contribution in [0.4, 0.5) is 0 Å². The minimum atomic E-state index is -3.80. The van der Waals surface area contributed by atoms with E-state index in [1.165, 1.54) is 0 Å². The van der Waals surface area contributed by atoms with Crippen LogP contribution < -0.4 is 5.14 Å². The molecule has 21 heavy (non-hydrogen) atoms. The molecule has 3 N–H and O–H groups in total. The maximum absolute atomic E-state index is 11.3. The van der Waals surface area contributed by atoms with Gasteiger partial charge >= 0.3 is 0 Å². The first kappa shape index (κ1) is 18.7. The van der Waals surface area contributed by atoms with Gasteiger partial charge in [0.05, 0.1) is 12.8 Å². The van der Waals surface area contributed by atoms with E-state index in [1.807, 2.05) is 0 Å². The number of sulfonamides is 1. The molecule has 122 valence electrons. The SMILES string of the molecule is CC(C)(C)[Si](C)(C)OC[C@](C)(O)c1ncc(S(N)(=O)=O)s1. The molecule has 1 aromatic rings. The maximum atomic E-state index is 11.3. The van der Waals surface area contributed by atoms with Gasteiger partial charge in [0.2, 0.25) is 10.0 Å². The Labute approximate surface area is 131 Å². The Bertz CT molecular complexity index is 603. The van der Waals surface area contributed by atoms with Gasteiger partial charge in [-0.2, -0.15) is 0 Å². The Morgan fingerprint density at radius 2 is 1.90 bits per heavy atom. The summed E-state index contributed by atoms with van der Waals surface area (Å²) in [5, 5.41) is 15.9. The van der Waals surface area contributed by atoms with E-state index in [0.29, 0.717) is 0 Å². The van der Waals surface area contributed by atoms with E-state index in [9.17, 15) is 13.5 Å². The summed E-state index contributed by atoms with van der Waals surface area (Å²) in [5.74, 6) is 0. The van der Waals surface area contributed by atoms with Gasteiger partial charge in [0.25, 0.3) is 0 Å². The van der Waals surface area contributed by atoms with Crippen molar-refractivity contribution in [2.24, 2.45) is 5.14 Å². The number of aliphatic hydroxyl groups is 1. The van der Waals surface area contributed by atoms with E-state index in [-0.39, 0.29) is 20.9 Å². The van der Waals surface area contributed by atoms with Gasteiger partial charge in [-0.3, -0.25) is 0 Å². The summed E-state index contributed by atoms with van der Waals surface area (Å²) in [6, 6.07) is 0. The van der Waals surface area contributed by atoms with Crippen molar-refractivity contribution in [1.82, 2.24) is 4.98 Å². The van der Waals surface area contributed by atoms with Crippen LogP contribution in [-0.4, -0.2) is 33.4 Å².